The van der Waals surface area contributed by atoms with Crippen molar-refractivity contribution in [2.75, 3.05) is 0 Å². The lowest BCUT2D eigenvalue weighted by molar-refractivity contribution is 0.0977. The van der Waals surface area contributed by atoms with Crippen molar-refractivity contribution in [3.63, 3.8) is 0 Å². The van der Waals surface area contributed by atoms with Gasteiger partial charge in [0.15, 0.2) is 5.78 Å². The van der Waals surface area contributed by atoms with Crippen LogP contribution in [0.3, 0.4) is 0 Å². The summed E-state index contributed by atoms with van der Waals surface area (Å²) in [7, 11) is 0. The van der Waals surface area contributed by atoms with Gasteiger partial charge in [-0.2, -0.15) is 0 Å². The molecule has 0 saturated heterocycles. The van der Waals surface area contributed by atoms with Crippen LogP contribution >= 0.6 is 0 Å². The van der Waals surface area contributed by atoms with Crippen molar-refractivity contribution in [3.05, 3.63) is 35.6 Å². The van der Waals surface area contributed by atoms with Gasteiger partial charge in [0.05, 0.1) is 0 Å². The molecule has 0 bridgehead atoms. The van der Waals surface area contributed by atoms with Crippen LogP contribution in [-0.4, -0.2) is 11.8 Å². The Balaban J connectivity index is 2.61. The fourth-order valence-corrected chi connectivity index (χ4v) is 1.17. The molecule has 2 N–H and O–H groups in total. The molecule has 1 atom stereocenters. The van der Waals surface area contributed by atoms with Crippen LogP contribution < -0.4 is 5.73 Å². The summed E-state index contributed by atoms with van der Waals surface area (Å²) in [6.45, 7) is 1.85. The van der Waals surface area contributed by atoms with Crippen molar-refractivity contribution in [3.8, 4) is 0 Å². The first-order valence-corrected chi connectivity index (χ1v) is 4.64. The number of halogens is 1. The summed E-state index contributed by atoms with van der Waals surface area (Å²) in [6.07, 6.45) is 1.01. The Bertz CT molecular complexity index is 323. The van der Waals surface area contributed by atoms with E-state index in [-0.39, 0.29) is 17.6 Å². The second-order valence-corrected chi connectivity index (χ2v) is 3.45. The number of carbonyl (C=O) groups is 1. The number of Topliss-reactive ketones (excluding diaryl/α,β-unsaturated/α-hetero) is 1. The SMILES string of the molecule is CC(N)CCC(=O)c1cccc(F)c1. The van der Waals surface area contributed by atoms with E-state index in [0.29, 0.717) is 18.4 Å². The lowest BCUT2D eigenvalue weighted by atomic mass is 10.0. The van der Waals surface area contributed by atoms with Gasteiger partial charge in [0.1, 0.15) is 5.82 Å². The van der Waals surface area contributed by atoms with Crippen LogP contribution in [0, 0.1) is 5.82 Å². The van der Waals surface area contributed by atoms with Crippen molar-refractivity contribution < 1.29 is 9.18 Å². The van der Waals surface area contributed by atoms with E-state index >= 15 is 0 Å². The minimum Gasteiger partial charge on any atom is -0.328 e. The number of hydrogen-bond acceptors (Lipinski definition) is 2. The number of hydrogen-bond donors (Lipinski definition) is 1. The highest BCUT2D eigenvalue weighted by Crippen LogP contribution is 2.08. The quantitative estimate of drug-likeness (QED) is 0.748. The fourth-order valence-electron chi connectivity index (χ4n) is 1.17. The van der Waals surface area contributed by atoms with Gasteiger partial charge in [-0.3, -0.25) is 4.79 Å². The maximum Gasteiger partial charge on any atom is 0.163 e. The summed E-state index contributed by atoms with van der Waals surface area (Å²) >= 11 is 0. The lowest BCUT2D eigenvalue weighted by Gasteiger charge is -2.03. The summed E-state index contributed by atoms with van der Waals surface area (Å²) in [4.78, 5) is 11.5. The third-order valence-electron chi connectivity index (χ3n) is 1.97. The van der Waals surface area contributed by atoms with Gasteiger partial charge in [-0.15, -0.1) is 0 Å². The zero-order valence-electron chi connectivity index (χ0n) is 8.16. The van der Waals surface area contributed by atoms with Gasteiger partial charge in [-0.25, -0.2) is 4.39 Å². The highest BCUT2D eigenvalue weighted by atomic mass is 19.1. The van der Waals surface area contributed by atoms with Crippen LogP contribution in [0.25, 0.3) is 0 Å². The molecule has 0 heterocycles. The van der Waals surface area contributed by atoms with Gasteiger partial charge >= 0.3 is 0 Å². The molecule has 76 valence electrons. The van der Waals surface area contributed by atoms with E-state index in [4.69, 9.17) is 5.73 Å². The minimum atomic E-state index is -0.378. The Hall–Kier alpha value is -1.22. The molecule has 0 fully saturated rings. The van der Waals surface area contributed by atoms with Crippen LogP contribution in [0.4, 0.5) is 4.39 Å². The molecule has 1 unspecified atom stereocenters. The third kappa shape index (κ3) is 3.26. The molecule has 0 radical (unpaired) electrons. The van der Waals surface area contributed by atoms with Gasteiger partial charge in [0, 0.05) is 18.0 Å². The summed E-state index contributed by atoms with van der Waals surface area (Å²) in [5, 5.41) is 0. The van der Waals surface area contributed by atoms with Crippen LogP contribution in [0.15, 0.2) is 24.3 Å². The Morgan fingerprint density at radius 3 is 2.86 bits per heavy atom. The average molecular weight is 195 g/mol. The number of rotatable bonds is 4. The maximum absolute atomic E-state index is 12.7. The number of nitrogens with two attached hydrogens (primary N) is 1. The minimum absolute atomic E-state index is 0.00695. The third-order valence-corrected chi connectivity index (χ3v) is 1.97. The summed E-state index contributed by atoms with van der Waals surface area (Å²) < 4.78 is 12.7. The largest absolute Gasteiger partial charge is 0.328 e. The zero-order chi connectivity index (χ0) is 10.6. The Labute approximate surface area is 82.9 Å². The topological polar surface area (TPSA) is 43.1 Å². The standard InChI is InChI=1S/C11H14FNO/c1-8(13)5-6-11(14)9-3-2-4-10(12)7-9/h2-4,7-8H,5-6,13H2,1H3. The Morgan fingerprint density at radius 1 is 1.57 bits per heavy atom. The van der Waals surface area contributed by atoms with Gasteiger partial charge < -0.3 is 5.73 Å². The molecule has 0 aliphatic rings. The first kappa shape index (κ1) is 10.9. The van der Waals surface area contributed by atoms with Gasteiger partial charge in [-0.05, 0) is 25.5 Å². The molecule has 0 saturated carbocycles. The van der Waals surface area contributed by atoms with E-state index in [9.17, 15) is 9.18 Å². The number of ketones is 1. The van der Waals surface area contributed by atoms with E-state index < -0.39 is 0 Å². The number of carbonyl (C=O) groups excluding carboxylic acids is 1. The Kier molecular flexibility index (Phi) is 3.77. The van der Waals surface area contributed by atoms with Crippen LogP contribution in [0.1, 0.15) is 30.1 Å². The van der Waals surface area contributed by atoms with Gasteiger partial charge in [0.2, 0.25) is 0 Å². The smallest absolute Gasteiger partial charge is 0.163 e. The van der Waals surface area contributed by atoms with Crippen LogP contribution in [-0.2, 0) is 0 Å². The summed E-state index contributed by atoms with van der Waals surface area (Å²) in [5.41, 5.74) is 5.94. The van der Waals surface area contributed by atoms with Crippen LogP contribution in [0.5, 0.6) is 0 Å². The predicted molar refractivity (Wildman–Crippen MR) is 53.6 cm³/mol. The average Bonchev–Trinajstić information content (AvgIpc) is 2.14. The molecular weight excluding hydrogens is 181 g/mol. The van der Waals surface area contributed by atoms with Crippen molar-refractivity contribution in [1.82, 2.24) is 0 Å². The van der Waals surface area contributed by atoms with E-state index in [1.54, 1.807) is 6.07 Å². The molecule has 0 aliphatic carbocycles. The lowest BCUT2D eigenvalue weighted by Crippen LogP contribution is -2.16. The summed E-state index contributed by atoms with van der Waals surface area (Å²) in [5.74, 6) is -0.432. The van der Waals surface area contributed by atoms with E-state index in [1.807, 2.05) is 6.92 Å². The molecule has 0 aromatic heterocycles. The molecule has 2 nitrogen and oxygen atoms in total. The maximum atomic E-state index is 12.7. The Morgan fingerprint density at radius 2 is 2.29 bits per heavy atom. The van der Waals surface area contributed by atoms with Crippen molar-refractivity contribution >= 4 is 5.78 Å². The summed E-state index contributed by atoms with van der Waals surface area (Å²) in [6, 6.07) is 5.74. The first-order chi connectivity index (χ1) is 6.59. The predicted octanol–water partition coefficient (Wildman–Crippen LogP) is 2.14. The molecule has 14 heavy (non-hydrogen) atoms. The zero-order valence-corrected chi connectivity index (χ0v) is 8.16. The van der Waals surface area contributed by atoms with E-state index in [1.165, 1.54) is 18.2 Å². The second kappa shape index (κ2) is 4.86. The van der Waals surface area contributed by atoms with Gasteiger partial charge in [-0.1, -0.05) is 12.1 Å². The van der Waals surface area contributed by atoms with Gasteiger partial charge in [0.25, 0.3) is 0 Å². The van der Waals surface area contributed by atoms with Crippen molar-refractivity contribution in [1.29, 1.82) is 0 Å². The highest BCUT2D eigenvalue weighted by molar-refractivity contribution is 5.96. The van der Waals surface area contributed by atoms with Crippen molar-refractivity contribution in [2.24, 2.45) is 5.73 Å². The monoisotopic (exact) mass is 195 g/mol. The second-order valence-electron chi connectivity index (χ2n) is 3.45. The molecule has 1 aromatic carbocycles. The molecule has 0 aliphatic heterocycles. The van der Waals surface area contributed by atoms with E-state index in [0.717, 1.165) is 0 Å². The molecule has 1 rings (SSSR count). The first-order valence-electron chi connectivity index (χ1n) is 4.64. The normalized spacial score (nSPS) is 12.5. The number of benzene rings is 1. The molecule has 3 heteroatoms. The van der Waals surface area contributed by atoms with Crippen LogP contribution in [0.2, 0.25) is 0 Å². The highest BCUT2D eigenvalue weighted by Gasteiger charge is 2.07. The molecule has 0 spiro atoms. The van der Waals surface area contributed by atoms with Crippen molar-refractivity contribution in [2.45, 2.75) is 25.8 Å². The molecular formula is C11H14FNO. The van der Waals surface area contributed by atoms with E-state index in [2.05, 4.69) is 0 Å². The molecule has 0 amide bonds. The fraction of sp³-hybridized carbons (Fsp3) is 0.364. The molecule has 1 aromatic rings.